The van der Waals surface area contributed by atoms with E-state index in [-0.39, 0.29) is 9.40 Å². The van der Waals surface area contributed by atoms with Gasteiger partial charge in [-0.2, -0.15) is 3.71 Å². The standard InChI is InChI=1S/C12H18N4O6S2/c13-9-1-3-10(4-2-9)16(23(19,20)7-5-11(14)17)24(21,22)8-6-12(15)18/h1-4H,5-8,13H2,(H2,14,17)(H2,15,18). The van der Waals surface area contributed by atoms with Gasteiger partial charge in [-0.3, -0.25) is 9.59 Å². The van der Waals surface area contributed by atoms with Crippen LogP contribution in [0.15, 0.2) is 24.3 Å². The highest BCUT2D eigenvalue weighted by Crippen LogP contribution is 2.24. The lowest BCUT2D eigenvalue weighted by molar-refractivity contribution is -0.118. The first-order valence-corrected chi connectivity index (χ1v) is 9.85. The molecule has 0 heterocycles. The van der Waals surface area contributed by atoms with E-state index in [1.54, 1.807) is 0 Å². The van der Waals surface area contributed by atoms with E-state index in [2.05, 4.69) is 0 Å². The number of hydrogen-bond donors (Lipinski definition) is 3. The van der Waals surface area contributed by atoms with Gasteiger partial charge in [-0.15, -0.1) is 0 Å². The van der Waals surface area contributed by atoms with Gasteiger partial charge in [0.05, 0.1) is 17.2 Å². The Morgan fingerprint density at radius 1 is 0.833 bits per heavy atom. The zero-order chi connectivity index (χ0) is 18.5. The first-order chi connectivity index (χ1) is 11.0. The highest BCUT2D eigenvalue weighted by molar-refractivity contribution is 8.10. The lowest BCUT2D eigenvalue weighted by Gasteiger charge is -2.23. The zero-order valence-corrected chi connectivity index (χ0v) is 14.2. The maximum atomic E-state index is 12.4. The Labute approximate surface area is 139 Å². The molecule has 0 aliphatic heterocycles. The molecule has 0 aromatic heterocycles. The molecule has 1 rings (SSSR count). The van der Waals surface area contributed by atoms with Crippen molar-refractivity contribution in [2.45, 2.75) is 12.8 Å². The van der Waals surface area contributed by atoms with Crippen LogP contribution in [0.2, 0.25) is 0 Å². The van der Waals surface area contributed by atoms with Crippen LogP contribution in [-0.2, 0) is 29.6 Å². The molecule has 0 saturated heterocycles. The average molecular weight is 378 g/mol. The second-order valence-electron chi connectivity index (χ2n) is 4.85. The average Bonchev–Trinajstić information content (AvgIpc) is 2.45. The Hall–Kier alpha value is -2.34. The Balaban J connectivity index is 3.33. The summed E-state index contributed by atoms with van der Waals surface area (Å²) in [5, 5.41) is 0. The van der Waals surface area contributed by atoms with Crippen LogP contribution in [0.4, 0.5) is 11.4 Å². The van der Waals surface area contributed by atoms with E-state index >= 15 is 0 Å². The number of benzene rings is 1. The maximum absolute atomic E-state index is 12.4. The number of carbonyl (C=O) groups is 2. The summed E-state index contributed by atoms with van der Waals surface area (Å²) in [7, 11) is -8.87. The predicted octanol–water partition coefficient (Wildman–Crippen LogP) is -1.51. The predicted molar refractivity (Wildman–Crippen MR) is 88.5 cm³/mol. The van der Waals surface area contributed by atoms with Gasteiger partial charge >= 0.3 is 0 Å². The number of rotatable bonds is 9. The monoisotopic (exact) mass is 378 g/mol. The van der Waals surface area contributed by atoms with Crippen LogP contribution in [0.25, 0.3) is 0 Å². The van der Waals surface area contributed by atoms with Gasteiger partial charge in [0.15, 0.2) is 0 Å². The minimum atomic E-state index is -4.44. The van der Waals surface area contributed by atoms with Crippen LogP contribution in [-0.4, -0.2) is 40.2 Å². The normalized spacial score (nSPS) is 11.8. The number of nitrogens with two attached hydrogens (primary N) is 3. The van der Waals surface area contributed by atoms with Gasteiger partial charge in [-0.1, -0.05) is 0 Å². The summed E-state index contributed by atoms with van der Waals surface area (Å²) in [4.78, 5) is 21.7. The summed E-state index contributed by atoms with van der Waals surface area (Å²) in [6.45, 7) is 0. The van der Waals surface area contributed by atoms with Gasteiger partial charge in [0.2, 0.25) is 31.9 Å². The van der Waals surface area contributed by atoms with Gasteiger partial charge < -0.3 is 17.2 Å². The van der Waals surface area contributed by atoms with Crippen molar-refractivity contribution >= 4 is 43.2 Å². The van der Waals surface area contributed by atoms with Crippen LogP contribution in [0.5, 0.6) is 0 Å². The SMILES string of the molecule is NC(=O)CCS(=O)(=O)N(c1ccc(N)cc1)S(=O)(=O)CCC(N)=O. The smallest absolute Gasteiger partial charge is 0.248 e. The largest absolute Gasteiger partial charge is 0.399 e. The summed E-state index contributed by atoms with van der Waals surface area (Å²) >= 11 is 0. The third-order valence-electron chi connectivity index (χ3n) is 2.82. The van der Waals surface area contributed by atoms with Crippen molar-refractivity contribution in [1.82, 2.24) is 0 Å². The second-order valence-corrected chi connectivity index (χ2v) is 8.96. The molecule has 12 heteroatoms. The first-order valence-electron chi connectivity index (χ1n) is 6.64. The minimum Gasteiger partial charge on any atom is -0.399 e. The van der Waals surface area contributed by atoms with Crippen molar-refractivity contribution in [1.29, 1.82) is 0 Å². The van der Waals surface area contributed by atoms with Gasteiger partial charge in [0, 0.05) is 18.5 Å². The Kier molecular flexibility index (Phi) is 6.15. The zero-order valence-electron chi connectivity index (χ0n) is 12.6. The molecule has 134 valence electrons. The molecule has 1 aromatic rings. The highest BCUT2D eigenvalue weighted by Gasteiger charge is 2.34. The Morgan fingerprint density at radius 2 is 1.21 bits per heavy atom. The Bertz CT molecular complexity index is 770. The first kappa shape index (κ1) is 19.7. The van der Waals surface area contributed by atoms with Crippen molar-refractivity contribution < 1.29 is 26.4 Å². The molecule has 0 aliphatic rings. The molecular formula is C12H18N4O6S2. The molecule has 10 nitrogen and oxygen atoms in total. The number of anilines is 2. The van der Waals surface area contributed by atoms with Crippen molar-refractivity contribution in [3.8, 4) is 0 Å². The number of sulfonamides is 2. The van der Waals surface area contributed by atoms with Gasteiger partial charge in [-0.05, 0) is 24.3 Å². The topological polar surface area (TPSA) is 184 Å². The summed E-state index contributed by atoms with van der Waals surface area (Å²) in [6, 6.07) is 5.02. The second kappa shape index (κ2) is 7.49. The van der Waals surface area contributed by atoms with Gasteiger partial charge in [-0.25, -0.2) is 16.8 Å². The molecule has 0 spiro atoms. The molecule has 0 unspecified atom stereocenters. The number of hydrogen-bond acceptors (Lipinski definition) is 7. The molecule has 2 amide bonds. The van der Waals surface area contributed by atoms with E-state index in [9.17, 15) is 26.4 Å². The molecule has 0 saturated carbocycles. The maximum Gasteiger partial charge on any atom is 0.248 e. The lowest BCUT2D eigenvalue weighted by atomic mass is 10.3. The minimum absolute atomic E-state index is 0.172. The third-order valence-corrected chi connectivity index (χ3v) is 7.06. The molecular weight excluding hydrogens is 360 g/mol. The number of nitrogens with zero attached hydrogens (tertiary/aromatic N) is 1. The highest BCUT2D eigenvalue weighted by atomic mass is 32.3. The van der Waals surface area contributed by atoms with Crippen molar-refractivity contribution in [3.63, 3.8) is 0 Å². The molecule has 0 bridgehead atoms. The fraction of sp³-hybridized carbons (Fsp3) is 0.333. The number of amides is 2. The van der Waals surface area contributed by atoms with E-state index in [1.807, 2.05) is 0 Å². The number of primary amides is 2. The van der Waals surface area contributed by atoms with Gasteiger partial charge in [0.1, 0.15) is 0 Å². The van der Waals surface area contributed by atoms with Crippen LogP contribution in [0.1, 0.15) is 12.8 Å². The quantitative estimate of drug-likeness (QED) is 0.436. The fourth-order valence-electron chi connectivity index (χ4n) is 1.72. The van der Waals surface area contributed by atoms with E-state index in [1.165, 1.54) is 24.3 Å². The molecule has 0 radical (unpaired) electrons. The van der Waals surface area contributed by atoms with Crippen LogP contribution >= 0.6 is 0 Å². The molecule has 24 heavy (non-hydrogen) atoms. The molecule has 0 aliphatic carbocycles. The van der Waals surface area contributed by atoms with Gasteiger partial charge in [0.25, 0.3) is 0 Å². The van der Waals surface area contributed by atoms with Crippen molar-refractivity contribution in [2.24, 2.45) is 11.5 Å². The molecule has 0 fully saturated rings. The number of carbonyl (C=O) groups excluding carboxylic acids is 2. The molecule has 0 atom stereocenters. The summed E-state index contributed by atoms with van der Waals surface area (Å²) in [5.41, 5.74) is 15.4. The Morgan fingerprint density at radius 3 is 1.54 bits per heavy atom. The fourth-order valence-corrected chi connectivity index (χ4v) is 5.68. The van der Waals surface area contributed by atoms with Crippen LogP contribution in [0.3, 0.4) is 0 Å². The molecule has 1 aromatic carbocycles. The summed E-state index contributed by atoms with van der Waals surface area (Å²) < 4.78 is 49.8. The summed E-state index contributed by atoms with van der Waals surface area (Å²) in [6.07, 6.45) is -1.11. The lowest BCUT2D eigenvalue weighted by Crippen LogP contribution is -2.41. The van der Waals surface area contributed by atoms with Crippen LogP contribution < -0.4 is 20.9 Å². The van der Waals surface area contributed by atoms with E-state index in [4.69, 9.17) is 17.2 Å². The van der Waals surface area contributed by atoms with Crippen molar-refractivity contribution in [2.75, 3.05) is 20.9 Å². The van der Waals surface area contributed by atoms with E-state index in [0.29, 0.717) is 5.69 Å². The van der Waals surface area contributed by atoms with E-state index in [0.717, 1.165) is 0 Å². The summed E-state index contributed by atoms with van der Waals surface area (Å²) in [5.74, 6) is -3.40. The van der Waals surface area contributed by atoms with E-state index < -0.39 is 56.2 Å². The third kappa shape index (κ3) is 5.38. The number of nitrogen functional groups attached to an aromatic ring is 1. The van der Waals surface area contributed by atoms with Crippen LogP contribution in [0, 0.1) is 0 Å². The van der Waals surface area contributed by atoms with Crippen molar-refractivity contribution in [3.05, 3.63) is 24.3 Å². The molecule has 6 N–H and O–H groups in total.